The smallest absolute Gasteiger partial charge is 0.416 e. The minimum absolute atomic E-state index is 0.0631. The number of nitrogens with one attached hydrogen (secondary N) is 1. The van der Waals surface area contributed by atoms with Crippen LogP contribution >= 0.6 is 11.3 Å². The van der Waals surface area contributed by atoms with Gasteiger partial charge < -0.3 is 15.2 Å². The van der Waals surface area contributed by atoms with E-state index in [1.807, 2.05) is 37.3 Å². The second kappa shape index (κ2) is 13.5. The maximum atomic E-state index is 12.8. The molecule has 0 aliphatic carbocycles. The number of thiazole rings is 1. The van der Waals surface area contributed by atoms with Crippen LogP contribution in [0, 0.1) is 6.92 Å². The number of carbonyl (C=O) groups excluding carboxylic acids is 1. The molecule has 3 aromatic carbocycles. The molecule has 1 aromatic heterocycles. The first-order valence-corrected chi connectivity index (χ1v) is 13.9. The molecule has 0 saturated heterocycles. The summed E-state index contributed by atoms with van der Waals surface area (Å²) in [5.41, 5.74) is 2.30. The minimum atomic E-state index is -4.50. The second-order valence-corrected chi connectivity index (χ2v) is 10.8. The Morgan fingerprint density at radius 2 is 1.69 bits per heavy atom. The fourth-order valence-electron chi connectivity index (χ4n) is 4.21. The molecule has 218 valence electrons. The topological polar surface area (TPSA) is 88.5 Å². The van der Waals surface area contributed by atoms with Gasteiger partial charge in [0.2, 0.25) is 0 Å². The van der Waals surface area contributed by atoms with E-state index in [1.54, 1.807) is 35.6 Å². The van der Waals surface area contributed by atoms with Gasteiger partial charge in [0, 0.05) is 40.6 Å². The molecule has 0 fully saturated rings. The Hall–Kier alpha value is -4.44. The summed E-state index contributed by atoms with van der Waals surface area (Å²) in [5, 5.41) is 13.5. The van der Waals surface area contributed by atoms with Crippen LogP contribution in [-0.2, 0) is 23.8 Å². The first-order chi connectivity index (χ1) is 20.0. The summed E-state index contributed by atoms with van der Waals surface area (Å²) in [6.45, 7) is 4.01. The van der Waals surface area contributed by atoms with Crippen molar-refractivity contribution in [2.75, 3.05) is 6.61 Å². The van der Waals surface area contributed by atoms with Crippen LogP contribution in [0.4, 0.5) is 13.2 Å². The van der Waals surface area contributed by atoms with Crippen molar-refractivity contribution in [3.05, 3.63) is 118 Å². The fraction of sp³-hybridized carbons (Fsp3) is 0.219. The normalized spacial score (nSPS) is 12.5. The highest BCUT2D eigenvalue weighted by molar-refractivity contribution is 7.15. The summed E-state index contributed by atoms with van der Waals surface area (Å²) < 4.78 is 44.2. The number of aliphatic carboxylic acids is 1. The monoisotopic (exact) mass is 594 g/mol. The van der Waals surface area contributed by atoms with E-state index in [2.05, 4.69) is 5.32 Å². The molecule has 0 spiro atoms. The standard InChI is InChI=1S/C32H29F3N2O4S/c1-20(18-29(38)23-10-12-25(13-11-23)32(33,34)35)36-28(31(39)40)19-22-8-14-26(15-9-22)41-17-16-27-21(2)42-30(37-27)24-6-4-3-5-7-24/h3-15,18,28,36H,16-17,19H2,1-2H3,(H,39,40)/b20-18-/t28-/m0/s1. The van der Waals surface area contributed by atoms with Crippen molar-refractivity contribution in [2.24, 2.45) is 0 Å². The Labute approximate surface area is 245 Å². The Balaban J connectivity index is 1.30. The number of hydrogen-bond donors (Lipinski definition) is 2. The van der Waals surface area contributed by atoms with Gasteiger partial charge in [0.05, 0.1) is 17.9 Å². The number of rotatable bonds is 12. The lowest BCUT2D eigenvalue weighted by Crippen LogP contribution is -2.37. The van der Waals surface area contributed by atoms with Crippen LogP contribution in [0.1, 0.15) is 39.0 Å². The number of alkyl halides is 3. The highest BCUT2D eigenvalue weighted by Crippen LogP contribution is 2.29. The lowest BCUT2D eigenvalue weighted by atomic mass is 10.0. The second-order valence-electron chi connectivity index (χ2n) is 9.64. The van der Waals surface area contributed by atoms with E-state index in [0.29, 0.717) is 18.8 Å². The molecule has 2 N–H and O–H groups in total. The fourth-order valence-corrected chi connectivity index (χ4v) is 5.17. The van der Waals surface area contributed by atoms with Crippen molar-refractivity contribution in [1.29, 1.82) is 0 Å². The first kappa shape index (κ1) is 30.5. The highest BCUT2D eigenvalue weighted by atomic mass is 32.1. The van der Waals surface area contributed by atoms with Gasteiger partial charge in [-0.2, -0.15) is 13.2 Å². The summed E-state index contributed by atoms with van der Waals surface area (Å²) in [4.78, 5) is 30.2. The van der Waals surface area contributed by atoms with Crippen LogP contribution in [0.5, 0.6) is 5.75 Å². The largest absolute Gasteiger partial charge is 0.493 e. The molecule has 4 aromatic rings. The summed E-state index contributed by atoms with van der Waals surface area (Å²) in [6, 6.07) is 19.9. The quantitative estimate of drug-likeness (QED) is 0.134. The molecule has 42 heavy (non-hydrogen) atoms. The van der Waals surface area contributed by atoms with Crippen molar-refractivity contribution in [2.45, 2.75) is 38.9 Å². The molecular weight excluding hydrogens is 565 g/mol. The lowest BCUT2D eigenvalue weighted by molar-refractivity contribution is -0.139. The Morgan fingerprint density at radius 1 is 1.02 bits per heavy atom. The van der Waals surface area contributed by atoms with E-state index in [4.69, 9.17) is 9.72 Å². The van der Waals surface area contributed by atoms with Gasteiger partial charge in [0.15, 0.2) is 5.78 Å². The zero-order chi connectivity index (χ0) is 30.3. The van der Waals surface area contributed by atoms with Crippen LogP contribution in [0.3, 0.4) is 0 Å². The zero-order valence-electron chi connectivity index (χ0n) is 22.9. The molecule has 0 aliphatic heterocycles. The van der Waals surface area contributed by atoms with Gasteiger partial charge in [0.25, 0.3) is 0 Å². The predicted molar refractivity (Wildman–Crippen MR) is 156 cm³/mol. The van der Waals surface area contributed by atoms with Crippen molar-refractivity contribution in [1.82, 2.24) is 10.3 Å². The summed E-state index contributed by atoms with van der Waals surface area (Å²) in [5.74, 6) is -1.00. The van der Waals surface area contributed by atoms with Gasteiger partial charge in [-0.05, 0) is 43.7 Å². The third-order valence-corrected chi connectivity index (χ3v) is 7.49. The molecule has 0 unspecified atom stereocenters. The molecule has 0 bridgehead atoms. The molecule has 6 nitrogen and oxygen atoms in total. The van der Waals surface area contributed by atoms with Crippen molar-refractivity contribution in [3.8, 4) is 16.3 Å². The molecule has 0 amide bonds. The molecule has 0 saturated carbocycles. The number of aryl methyl sites for hydroxylation is 1. The SMILES string of the molecule is C/C(=C/C(=O)c1ccc(C(F)(F)F)cc1)N[C@@H](Cc1ccc(OCCc2nc(-c3ccccc3)sc2C)cc1)C(=O)O. The van der Waals surface area contributed by atoms with Gasteiger partial charge in [-0.25, -0.2) is 9.78 Å². The Kier molecular flexibility index (Phi) is 9.80. The highest BCUT2D eigenvalue weighted by Gasteiger charge is 2.30. The molecule has 0 aliphatic rings. The van der Waals surface area contributed by atoms with Crippen LogP contribution in [-0.4, -0.2) is 34.5 Å². The van der Waals surface area contributed by atoms with Crippen LogP contribution in [0.15, 0.2) is 90.6 Å². The van der Waals surface area contributed by atoms with Crippen LogP contribution in [0.2, 0.25) is 0 Å². The van der Waals surface area contributed by atoms with Gasteiger partial charge in [0.1, 0.15) is 16.8 Å². The van der Waals surface area contributed by atoms with Gasteiger partial charge in [-0.15, -0.1) is 11.3 Å². The third-order valence-electron chi connectivity index (χ3n) is 6.43. The number of carbonyl (C=O) groups is 2. The summed E-state index contributed by atoms with van der Waals surface area (Å²) >= 11 is 1.65. The average molecular weight is 595 g/mol. The number of nitrogens with zero attached hydrogens (tertiary/aromatic N) is 1. The van der Waals surface area contributed by atoms with Crippen molar-refractivity contribution < 1.29 is 32.6 Å². The van der Waals surface area contributed by atoms with Crippen molar-refractivity contribution in [3.63, 3.8) is 0 Å². The zero-order valence-corrected chi connectivity index (χ0v) is 23.8. The Bertz CT molecular complexity index is 1550. The molecule has 4 rings (SSSR count). The number of ether oxygens (including phenoxy) is 1. The molecular formula is C32H29F3N2O4S. The van der Waals surface area contributed by atoms with Crippen LogP contribution in [0.25, 0.3) is 10.6 Å². The number of benzene rings is 3. The molecule has 1 heterocycles. The maximum absolute atomic E-state index is 12.8. The summed E-state index contributed by atoms with van der Waals surface area (Å²) in [6.07, 6.45) is -2.54. The maximum Gasteiger partial charge on any atom is 0.416 e. The summed E-state index contributed by atoms with van der Waals surface area (Å²) in [7, 11) is 0. The number of halogens is 3. The van der Waals surface area contributed by atoms with E-state index >= 15 is 0 Å². The van der Waals surface area contributed by atoms with E-state index in [1.165, 1.54) is 13.0 Å². The third kappa shape index (κ3) is 8.29. The van der Waals surface area contributed by atoms with Crippen molar-refractivity contribution >= 4 is 23.1 Å². The molecule has 10 heteroatoms. The van der Waals surface area contributed by atoms with Gasteiger partial charge >= 0.3 is 12.1 Å². The van der Waals surface area contributed by atoms with Gasteiger partial charge in [-0.1, -0.05) is 54.6 Å². The van der Waals surface area contributed by atoms with E-state index in [9.17, 15) is 27.9 Å². The van der Waals surface area contributed by atoms with E-state index in [0.717, 1.165) is 51.0 Å². The number of ketones is 1. The van der Waals surface area contributed by atoms with E-state index < -0.39 is 29.5 Å². The predicted octanol–water partition coefficient (Wildman–Crippen LogP) is 7.13. The minimum Gasteiger partial charge on any atom is -0.493 e. The molecule has 1 atom stereocenters. The average Bonchev–Trinajstić information content (AvgIpc) is 3.33. The van der Waals surface area contributed by atoms with Crippen LogP contribution < -0.4 is 10.1 Å². The van der Waals surface area contributed by atoms with Gasteiger partial charge in [-0.3, -0.25) is 4.79 Å². The number of carboxylic acid groups (broad SMARTS) is 1. The Morgan fingerprint density at radius 3 is 2.31 bits per heavy atom. The first-order valence-electron chi connectivity index (χ1n) is 13.1. The number of allylic oxidation sites excluding steroid dienone is 2. The number of hydrogen-bond acceptors (Lipinski definition) is 6. The number of aromatic nitrogens is 1. The number of carboxylic acids is 1. The van der Waals surface area contributed by atoms with E-state index in [-0.39, 0.29) is 17.7 Å². The molecule has 0 radical (unpaired) electrons. The lowest BCUT2D eigenvalue weighted by Gasteiger charge is -2.16.